The largest absolute Gasteiger partial charge is 0.497 e. The number of carbonyl (C=O) groups is 3. The van der Waals surface area contributed by atoms with Crippen LogP contribution in [0.2, 0.25) is 0 Å². The number of hydrogen-bond acceptors (Lipinski definition) is 4. The summed E-state index contributed by atoms with van der Waals surface area (Å²) in [6, 6.07) is 22.8. The van der Waals surface area contributed by atoms with E-state index in [9.17, 15) is 19.5 Å². The van der Waals surface area contributed by atoms with Gasteiger partial charge in [0.15, 0.2) is 0 Å². The summed E-state index contributed by atoms with van der Waals surface area (Å²) in [5.41, 5.74) is 2.12. The maximum absolute atomic E-state index is 14.2. The fourth-order valence-electron chi connectivity index (χ4n) is 5.09. The normalized spacial score (nSPS) is 17.3. The SMILES string of the molecule is COc1cccc(NC(=O)N(C2CC(c3ccccc3)c3ccccc3N(CC(=O)O)C2=O)C(C)(C)C)c1. The summed E-state index contributed by atoms with van der Waals surface area (Å²) in [5.74, 6) is -1.22. The molecular weight excluding hydrogens is 482 g/mol. The van der Waals surface area contributed by atoms with E-state index in [4.69, 9.17) is 4.74 Å². The number of urea groups is 1. The third-order valence-corrected chi connectivity index (χ3v) is 6.68. The van der Waals surface area contributed by atoms with Crippen LogP contribution in [0.5, 0.6) is 5.75 Å². The number of amides is 3. The van der Waals surface area contributed by atoms with Crippen LogP contribution in [0.1, 0.15) is 44.2 Å². The Kier molecular flexibility index (Phi) is 7.71. The zero-order chi connectivity index (χ0) is 27.4. The van der Waals surface area contributed by atoms with Crippen LogP contribution in [0.15, 0.2) is 78.9 Å². The zero-order valence-electron chi connectivity index (χ0n) is 22.0. The number of carboxylic acids is 1. The van der Waals surface area contributed by atoms with E-state index in [2.05, 4.69) is 5.32 Å². The predicted octanol–water partition coefficient (Wildman–Crippen LogP) is 5.35. The summed E-state index contributed by atoms with van der Waals surface area (Å²) in [6.07, 6.45) is 0.290. The van der Waals surface area contributed by atoms with Gasteiger partial charge >= 0.3 is 12.0 Å². The van der Waals surface area contributed by atoms with E-state index in [0.29, 0.717) is 23.5 Å². The van der Waals surface area contributed by atoms with Crippen LogP contribution in [-0.4, -0.2) is 53.1 Å². The van der Waals surface area contributed by atoms with Crippen molar-refractivity contribution in [2.45, 2.75) is 44.7 Å². The maximum atomic E-state index is 14.2. The van der Waals surface area contributed by atoms with Gasteiger partial charge in [0.2, 0.25) is 5.91 Å². The number of benzene rings is 3. The molecule has 1 aliphatic heterocycles. The Morgan fingerprint density at radius 2 is 1.71 bits per heavy atom. The van der Waals surface area contributed by atoms with Crippen molar-refractivity contribution in [1.29, 1.82) is 0 Å². The number of hydrogen-bond donors (Lipinski definition) is 2. The summed E-state index contributed by atoms with van der Waals surface area (Å²) in [4.78, 5) is 42.8. The predicted molar refractivity (Wildman–Crippen MR) is 147 cm³/mol. The topological polar surface area (TPSA) is 99.2 Å². The molecule has 2 atom stereocenters. The molecule has 2 unspecified atom stereocenters. The van der Waals surface area contributed by atoms with Crippen LogP contribution in [0.4, 0.5) is 16.2 Å². The van der Waals surface area contributed by atoms with E-state index in [1.165, 1.54) is 9.80 Å². The van der Waals surface area contributed by atoms with Gasteiger partial charge < -0.3 is 20.1 Å². The van der Waals surface area contributed by atoms with Crippen molar-refractivity contribution in [3.05, 3.63) is 90.0 Å². The van der Waals surface area contributed by atoms with Gasteiger partial charge in [-0.15, -0.1) is 0 Å². The lowest BCUT2D eigenvalue weighted by Crippen LogP contribution is -2.59. The number of nitrogens with zero attached hydrogens (tertiary/aromatic N) is 2. The molecule has 0 saturated carbocycles. The van der Waals surface area contributed by atoms with Gasteiger partial charge in [0, 0.05) is 28.9 Å². The van der Waals surface area contributed by atoms with Crippen LogP contribution in [-0.2, 0) is 9.59 Å². The van der Waals surface area contributed by atoms with Crippen LogP contribution < -0.4 is 15.0 Å². The Balaban J connectivity index is 1.83. The van der Waals surface area contributed by atoms with E-state index in [0.717, 1.165) is 11.1 Å². The smallest absolute Gasteiger partial charge is 0.323 e. The molecule has 0 saturated heterocycles. The molecule has 3 aromatic rings. The van der Waals surface area contributed by atoms with E-state index < -0.39 is 36.0 Å². The van der Waals surface area contributed by atoms with Crippen molar-refractivity contribution in [3.63, 3.8) is 0 Å². The molecule has 3 aromatic carbocycles. The molecule has 0 aliphatic carbocycles. The Morgan fingerprint density at radius 1 is 1.03 bits per heavy atom. The van der Waals surface area contributed by atoms with Crippen LogP contribution in [0.3, 0.4) is 0 Å². The van der Waals surface area contributed by atoms with Gasteiger partial charge in [-0.05, 0) is 56.5 Å². The van der Waals surface area contributed by atoms with Crippen molar-refractivity contribution < 1.29 is 24.2 Å². The Hall–Kier alpha value is -4.33. The van der Waals surface area contributed by atoms with Gasteiger partial charge in [0.05, 0.1) is 7.11 Å². The first-order valence-electron chi connectivity index (χ1n) is 12.5. The van der Waals surface area contributed by atoms with E-state index in [1.807, 2.05) is 63.2 Å². The lowest BCUT2D eigenvalue weighted by molar-refractivity contribution is -0.137. The molecule has 198 valence electrons. The fraction of sp³-hybridized carbons (Fsp3) is 0.300. The highest BCUT2D eigenvalue weighted by Crippen LogP contribution is 2.41. The number of anilines is 2. The average molecular weight is 516 g/mol. The monoisotopic (exact) mass is 515 g/mol. The van der Waals surface area contributed by atoms with Gasteiger partial charge in [-0.3, -0.25) is 14.5 Å². The molecule has 4 rings (SSSR count). The number of carbonyl (C=O) groups excluding carboxylic acids is 2. The number of nitrogens with one attached hydrogen (secondary N) is 1. The number of para-hydroxylation sites is 1. The number of rotatable bonds is 6. The maximum Gasteiger partial charge on any atom is 0.323 e. The Bertz CT molecular complexity index is 1320. The first-order valence-corrected chi connectivity index (χ1v) is 12.5. The number of ether oxygens (including phenoxy) is 1. The number of methoxy groups -OCH3 is 1. The number of aliphatic carboxylic acids is 1. The molecule has 38 heavy (non-hydrogen) atoms. The van der Waals surface area contributed by atoms with Gasteiger partial charge in [0.1, 0.15) is 18.3 Å². The highest BCUT2D eigenvalue weighted by atomic mass is 16.5. The lowest BCUT2D eigenvalue weighted by Gasteiger charge is -2.42. The average Bonchev–Trinajstić information content (AvgIpc) is 2.99. The third-order valence-electron chi connectivity index (χ3n) is 6.68. The molecule has 8 heteroatoms. The molecule has 3 amide bonds. The van der Waals surface area contributed by atoms with Gasteiger partial charge in [0.25, 0.3) is 0 Å². The minimum atomic E-state index is -1.13. The molecule has 0 aromatic heterocycles. The van der Waals surface area contributed by atoms with Gasteiger partial charge in [-0.25, -0.2) is 4.79 Å². The molecule has 2 N–H and O–H groups in total. The van der Waals surface area contributed by atoms with Gasteiger partial charge in [-0.2, -0.15) is 0 Å². The molecule has 1 heterocycles. The second-order valence-electron chi connectivity index (χ2n) is 10.3. The number of carboxylic acid groups (broad SMARTS) is 1. The number of fused-ring (bicyclic) bond motifs is 1. The molecule has 1 aliphatic rings. The summed E-state index contributed by atoms with van der Waals surface area (Å²) < 4.78 is 5.28. The fourth-order valence-corrected chi connectivity index (χ4v) is 5.09. The Labute approximate surface area is 222 Å². The van der Waals surface area contributed by atoms with Crippen molar-refractivity contribution in [2.24, 2.45) is 0 Å². The summed E-state index contributed by atoms with van der Waals surface area (Å²) >= 11 is 0. The van der Waals surface area contributed by atoms with Gasteiger partial charge in [-0.1, -0.05) is 54.6 Å². The first kappa shape index (κ1) is 26.7. The highest BCUT2D eigenvalue weighted by Gasteiger charge is 2.44. The lowest BCUT2D eigenvalue weighted by atomic mass is 9.85. The highest BCUT2D eigenvalue weighted by molar-refractivity contribution is 6.04. The van der Waals surface area contributed by atoms with E-state index >= 15 is 0 Å². The van der Waals surface area contributed by atoms with E-state index in [-0.39, 0.29) is 5.92 Å². The molecular formula is C30H33N3O5. The second-order valence-corrected chi connectivity index (χ2v) is 10.3. The second kappa shape index (κ2) is 11.0. The quantitative estimate of drug-likeness (QED) is 0.461. The standard InChI is InChI=1S/C30H33N3O5/c1-30(2,3)33(29(37)31-21-13-10-14-22(17-21)38-4)26-18-24(20-11-6-5-7-12-20)23-15-8-9-16-25(23)32(28(26)36)19-27(34)35/h5-17,24,26H,18-19H2,1-4H3,(H,31,37)(H,34,35). The molecule has 8 nitrogen and oxygen atoms in total. The zero-order valence-corrected chi connectivity index (χ0v) is 22.0. The van der Waals surface area contributed by atoms with Crippen LogP contribution in [0.25, 0.3) is 0 Å². The van der Waals surface area contributed by atoms with Crippen LogP contribution in [0, 0.1) is 0 Å². The van der Waals surface area contributed by atoms with Crippen molar-refractivity contribution in [3.8, 4) is 5.75 Å². The third kappa shape index (κ3) is 5.64. The molecule has 0 fully saturated rings. The molecule has 0 bridgehead atoms. The van der Waals surface area contributed by atoms with Crippen molar-refractivity contribution >= 4 is 29.3 Å². The van der Waals surface area contributed by atoms with Crippen LogP contribution >= 0.6 is 0 Å². The first-order chi connectivity index (χ1) is 18.1. The summed E-state index contributed by atoms with van der Waals surface area (Å²) in [7, 11) is 1.55. The molecule has 0 spiro atoms. The minimum absolute atomic E-state index is 0.241. The minimum Gasteiger partial charge on any atom is -0.497 e. The summed E-state index contributed by atoms with van der Waals surface area (Å²) in [6.45, 7) is 5.08. The summed E-state index contributed by atoms with van der Waals surface area (Å²) in [5, 5.41) is 12.6. The van der Waals surface area contributed by atoms with Crippen molar-refractivity contribution in [2.75, 3.05) is 23.9 Å². The Morgan fingerprint density at radius 3 is 2.37 bits per heavy atom. The van der Waals surface area contributed by atoms with E-state index in [1.54, 1.807) is 43.5 Å². The van der Waals surface area contributed by atoms with Crippen molar-refractivity contribution in [1.82, 2.24) is 4.90 Å². The molecule has 0 radical (unpaired) electrons.